The third kappa shape index (κ3) is 2.33. The summed E-state index contributed by atoms with van der Waals surface area (Å²) in [5.41, 5.74) is 0.916. The predicted molar refractivity (Wildman–Crippen MR) is 87.9 cm³/mol. The molecule has 0 amide bonds. The number of anilines is 1. The number of benzene rings is 1. The lowest BCUT2D eigenvalue weighted by atomic mass is 10.0. The average molecular weight is 328 g/mol. The first kappa shape index (κ1) is 15.1. The highest BCUT2D eigenvalue weighted by atomic mass is 19.1. The smallest absolute Gasteiger partial charge is 0.157 e. The number of halogens is 2. The lowest BCUT2D eigenvalue weighted by Crippen LogP contribution is -2.40. The van der Waals surface area contributed by atoms with E-state index in [1.807, 2.05) is 18.3 Å². The van der Waals surface area contributed by atoms with E-state index >= 15 is 0 Å². The van der Waals surface area contributed by atoms with Crippen LogP contribution in [0.25, 0.3) is 5.65 Å². The Kier molecular flexibility index (Phi) is 3.30. The van der Waals surface area contributed by atoms with Gasteiger partial charge in [0, 0.05) is 23.4 Å². The number of rotatable bonds is 2. The van der Waals surface area contributed by atoms with Crippen molar-refractivity contribution in [1.29, 1.82) is 0 Å². The normalized spacial score (nSPS) is 20.0. The standard InChI is InChI=1S/C18H18F2N4/c1-18(2)8-5-15(13-11-12(19)3-4-14(13)20)24(18)17-7-10-23-16(22-17)6-9-21-23/h3-4,6-7,9-11,15H,5,8H2,1-2H3/t15-/m1/s1. The minimum Gasteiger partial charge on any atom is -0.344 e. The second-order valence-electron chi connectivity index (χ2n) is 6.82. The number of aromatic nitrogens is 3. The molecule has 1 aromatic carbocycles. The molecule has 0 N–H and O–H groups in total. The van der Waals surface area contributed by atoms with E-state index in [-0.39, 0.29) is 17.4 Å². The van der Waals surface area contributed by atoms with Gasteiger partial charge in [0.1, 0.15) is 17.5 Å². The van der Waals surface area contributed by atoms with Crippen LogP contribution in [0.3, 0.4) is 0 Å². The van der Waals surface area contributed by atoms with Crippen LogP contribution in [-0.4, -0.2) is 20.1 Å². The Hall–Kier alpha value is -2.50. The van der Waals surface area contributed by atoms with Crippen molar-refractivity contribution in [2.75, 3.05) is 4.90 Å². The van der Waals surface area contributed by atoms with Crippen molar-refractivity contribution in [1.82, 2.24) is 14.6 Å². The van der Waals surface area contributed by atoms with Crippen LogP contribution in [0.15, 0.2) is 42.7 Å². The van der Waals surface area contributed by atoms with E-state index in [4.69, 9.17) is 0 Å². The van der Waals surface area contributed by atoms with Crippen LogP contribution in [-0.2, 0) is 0 Å². The molecular formula is C18H18F2N4. The molecule has 124 valence electrons. The molecule has 1 fully saturated rings. The zero-order valence-electron chi connectivity index (χ0n) is 13.6. The summed E-state index contributed by atoms with van der Waals surface area (Å²) in [7, 11) is 0. The lowest BCUT2D eigenvalue weighted by molar-refractivity contribution is 0.493. The van der Waals surface area contributed by atoms with Crippen molar-refractivity contribution in [3.05, 3.63) is 59.9 Å². The van der Waals surface area contributed by atoms with Crippen molar-refractivity contribution < 1.29 is 8.78 Å². The topological polar surface area (TPSA) is 33.4 Å². The summed E-state index contributed by atoms with van der Waals surface area (Å²) in [6, 6.07) is 7.10. The third-order valence-corrected chi connectivity index (χ3v) is 4.80. The van der Waals surface area contributed by atoms with E-state index in [2.05, 4.69) is 28.8 Å². The Morgan fingerprint density at radius 1 is 1.17 bits per heavy atom. The molecule has 0 bridgehead atoms. The Morgan fingerprint density at radius 3 is 2.83 bits per heavy atom. The van der Waals surface area contributed by atoms with Gasteiger partial charge in [-0.25, -0.2) is 18.3 Å². The molecule has 1 aliphatic heterocycles. The van der Waals surface area contributed by atoms with Gasteiger partial charge in [-0.1, -0.05) is 0 Å². The van der Waals surface area contributed by atoms with Crippen LogP contribution in [0.5, 0.6) is 0 Å². The summed E-state index contributed by atoms with van der Waals surface area (Å²) in [5.74, 6) is -0.0519. The Bertz CT molecular complexity index is 903. The summed E-state index contributed by atoms with van der Waals surface area (Å²) >= 11 is 0. The van der Waals surface area contributed by atoms with E-state index in [1.165, 1.54) is 12.1 Å². The van der Waals surface area contributed by atoms with Crippen molar-refractivity contribution >= 4 is 11.5 Å². The molecule has 0 spiro atoms. The van der Waals surface area contributed by atoms with E-state index in [1.54, 1.807) is 10.7 Å². The van der Waals surface area contributed by atoms with Gasteiger partial charge in [0.2, 0.25) is 0 Å². The second-order valence-corrected chi connectivity index (χ2v) is 6.82. The van der Waals surface area contributed by atoms with E-state index in [9.17, 15) is 8.78 Å². The summed E-state index contributed by atoms with van der Waals surface area (Å²) in [6.45, 7) is 4.21. The van der Waals surface area contributed by atoms with Gasteiger partial charge in [0.25, 0.3) is 0 Å². The van der Waals surface area contributed by atoms with Crippen LogP contribution in [0.1, 0.15) is 38.3 Å². The quantitative estimate of drug-likeness (QED) is 0.709. The van der Waals surface area contributed by atoms with Gasteiger partial charge < -0.3 is 4.90 Å². The first-order valence-corrected chi connectivity index (χ1v) is 8.00. The van der Waals surface area contributed by atoms with Crippen molar-refractivity contribution in [3.63, 3.8) is 0 Å². The number of nitrogens with zero attached hydrogens (tertiary/aromatic N) is 4. The Balaban J connectivity index is 1.83. The average Bonchev–Trinajstić information content (AvgIpc) is 3.12. The second kappa shape index (κ2) is 5.26. The fourth-order valence-electron chi connectivity index (χ4n) is 3.63. The highest BCUT2D eigenvalue weighted by Crippen LogP contribution is 2.45. The first-order chi connectivity index (χ1) is 11.5. The van der Waals surface area contributed by atoms with Gasteiger partial charge in [0.05, 0.1) is 12.2 Å². The number of hydrogen-bond donors (Lipinski definition) is 0. The molecule has 0 aliphatic carbocycles. The van der Waals surface area contributed by atoms with Crippen LogP contribution in [0, 0.1) is 11.6 Å². The monoisotopic (exact) mass is 328 g/mol. The largest absolute Gasteiger partial charge is 0.344 e. The minimum atomic E-state index is -0.421. The molecule has 1 saturated heterocycles. The summed E-state index contributed by atoms with van der Waals surface area (Å²) in [6.07, 6.45) is 5.15. The molecule has 0 unspecified atom stereocenters. The zero-order chi connectivity index (χ0) is 16.9. The molecule has 6 heteroatoms. The predicted octanol–water partition coefficient (Wildman–Crippen LogP) is 4.13. The minimum absolute atomic E-state index is 0.200. The van der Waals surface area contributed by atoms with Crippen LogP contribution >= 0.6 is 0 Å². The molecule has 4 nitrogen and oxygen atoms in total. The molecule has 0 saturated carbocycles. The van der Waals surface area contributed by atoms with E-state index < -0.39 is 5.82 Å². The molecule has 3 heterocycles. The lowest BCUT2D eigenvalue weighted by Gasteiger charge is -2.37. The molecular weight excluding hydrogens is 310 g/mol. The maximum Gasteiger partial charge on any atom is 0.157 e. The number of hydrogen-bond acceptors (Lipinski definition) is 3. The summed E-state index contributed by atoms with van der Waals surface area (Å²) in [4.78, 5) is 6.75. The van der Waals surface area contributed by atoms with Gasteiger partial charge in [-0.3, -0.25) is 0 Å². The third-order valence-electron chi connectivity index (χ3n) is 4.80. The van der Waals surface area contributed by atoms with Crippen LogP contribution in [0.4, 0.5) is 14.6 Å². The van der Waals surface area contributed by atoms with Crippen LogP contribution in [0.2, 0.25) is 0 Å². The molecule has 2 aromatic heterocycles. The van der Waals surface area contributed by atoms with Crippen molar-refractivity contribution in [2.45, 2.75) is 38.3 Å². The highest BCUT2D eigenvalue weighted by Gasteiger charge is 2.42. The van der Waals surface area contributed by atoms with Gasteiger partial charge in [0.15, 0.2) is 5.65 Å². The molecule has 1 atom stereocenters. The van der Waals surface area contributed by atoms with Gasteiger partial charge in [-0.05, 0) is 51.0 Å². The van der Waals surface area contributed by atoms with Gasteiger partial charge >= 0.3 is 0 Å². The molecule has 3 aromatic rings. The summed E-state index contributed by atoms with van der Waals surface area (Å²) in [5, 5.41) is 4.15. The first-order valence-electron chi connectivity index (χ1n) is 8.00. The maximum atomic E-state index is 14.3. The fourth-order valence-corrected chi connectivity index (χ4v) is 3.63. The Morgan fingerprint density at radius 2 is 2.00 bits per heavy atom. The van der Waals surface area contributed by atoms with Crippen LogP contribution < -0.4 is 4.90 Å². The van der Waals surface area contributed by atoms with E-state index in [0.29, 0.717) is 5.56 Å². The van der Waals surface area contributed by atoms with Crippen molar-refractivity contribution in [3.8, 4) is 0 Å². The molecule has 24 heavy (non-hydrogen) atoms. The number of fused-ring (bicyclic) bond motifs is 1. The van der Waals surface area contributed by atoms with E-state index in [0.717, 1.165) is 30.4 Å². The van der Waals surface area contributed by atoms with Gasteiger partial charge in [-0.15, -0.1) is 0 Å². The summed E-state index contributed by atoms with van der Waals surface area (Å²) < 4.78 is 29.7. The highest BCUT2D eigenvalue weighted by molar-refractivity contribution is 5.52. The molecule has 4 rings (SSSR count). The van der Waals surface area contributed by atoms with Gasteiger partial charge in [-0.2, -0.15) is 5.10 Å². The molecule has 1 aliphatic rings. The zero-order valence-corrected chi connectivity index (χ0v) is 13.6. The fraction of sp³-hybridized carbons (Fsp3) is 0.333. The Labute approximate surface area is 138 Å². The van der Waals surface area contributed by atoms with Crippen molar-refractivity contribution in [2.24, 2.45) is 0 Å². The SMILES string of the molecule is CC1(C)CC[C@H](c2cc(F)ccc2F)N1c1ccn2nccc2n1. The maximum absolute atomic E-state index is 14.3. The molecule has 0 radical (unpaired) electrons.